The summed E-state index contributed by atoms with van der Waals surface area (Å²) in [5.74, 6) is -1.54. The average Bonchev–Trinajstić information content (AvgIpc) is 3.09. The smallest absolute Gasteiger partial charge is 0.395 e. The van der Waals surface area contributed by atoms with Crippen molar-refractivity contribution in [3.63, 3.8) is 0 Å². The molecule has 0 aliphatic carbocycles. The summed E-state index contributed by atoms with van der Waals surface area (Å²) in [4.78, 5) is 49.3. The summed E-state index contributed by atoms with van der Waals surface area (Å²) in [6, 6.07) is 3.51. The number of aromatic nitrogens is 2. The van der Waals surface area contributed by atoms with E-state index in [1.165, 1.54) is 0 Å². The number of benzene rings is 1. The molecule has 0 spiro atoms. The minimum Gasteiger partial charge on any atom is -0.575 e. The van der Waals surface area contributed by atoms with Crippen LogP contribution in [0.4, 0.5) is 8.78 Å². The molecule has 38 heavy (non-hydrogen) atoms. The molecule has 1 aromatic carbocycles. The number of alkyl halides is 1. The Morgan fingerprint density at radius 1 is 1.34 bits per heavy atom. The highest BCUT2D eigenvalue weighted by molar-refractivity contribution is 7.34. The van der Waals surface area contributed by atoms with Gasteiger partial charge in [-0.15, -0.1) is 0 Å². The predicted octanol–water partition coefficient (Wildman–Crippen LogP) is 1.71. The number of hydrogen-bond donors (Lipinski definition) is 2. The lowest BCUT2D eigenvalue weighted by Crippen LogP contribution is -2.43. The van der Waals surface area contributed by atoms with Crippen LogP contribution in [0, 0.1) is 5.82 Å². The third-order valence-corrected chi connectivity index (χ3v) is 6.63. The summed E-state index contributed by atoms with van der Waals surface area (Å²) in [6.07, 6.45) is -3.07. The van der Waals surface area contributed by atoms with Crippen molar-refractivity contribution in [1.29, 1.82) is 0 Å². The molecule has 12 nitrogen and oxygen atoms in total. The molecule has 2 heterocycles. The van der Waals surface area contributed by atoms with Crippen molar-refractivity contribution in [3.8, 4) is 11.5 Å². The zero-order valence-corrected chi connectivity index (χ0v) is 21.7. The molecule has 3 rings (SSSR count). The molecule has 1 aliphatic rings. The highest BCUT2D eigenvalue weighted by atomic mass is 31.1. The first-order valence-electron chi connectivity index (χ1n) is 11.7. The maximum atomic E-state index is 15.4. The standard InChI is InChI=1S/C23H28F2N3O9P/c1-4-14(11-35-19(30)5-2)27-38(33)37-15-7-6-13(24)10-16(15)34-12-17-20(31)23(3,25)21(36-17)28-9-8-18(29)26-22(28)32/h6-10,14,17,20-21,31H,4-5,11-12H2,1-3H3,(H,26,29,32)/t14-,17+,20+,21+,23+/m0/s1. The predicted molar refractivity (Wildman–Crippen MR) is 128 cm³/mol. The van der Waals surface area contributed by atoms with E-state index >= 15 is 4.39 Å². The average molecular weight is 559 g/mol. The lowest BCUT2D eigenvalue weighted by Gasteiger charge is -2.24. The van der Waals surface area contributed by atoms with E-state index in [0.717, 1.165) is 42.0 Å². The van der Waals surface area contributed by atoms with Gasteiger partial charge in [-0.25, -0.2) is 13.6 Å². The lowest BCUT2D eigenvalue weighted by molar-refractivity contribution is -0.169. The second-order valence-electron chi connectivity index (χ2n) is 8.59. The Morgan fingerprint density at radius 3 is 2.74 bits per heavy atom. The molecule has 6 atom stereocenters. The maximum absolute atomic E-state index is 15.4. The molecule has 0 saturated carbocycles. The fourth-order valence-electron chi connectivity index (χ4n) is 3.57. The summed E-state index contributed by atoms with van der Waals surface area (Å²) < 4.78 is 55.4. The van der Waals surface area contributed by atoms with Crippen LogP contribution >= 0.6 is 8.17 Å². The molecule has 0 bridgehead atoms. The van der Waals surface area contributed by atoms with Crippen molar-refractivity contribution in [3.05, 3.63) is 57.1 Å². The molecular formula is C23H28F2N3O9P. The monoisotopic (exact) mass is 559 g/mol. The summed E-state index contributed by atoms with van der Waals surface area (Å²) in [5.41, 5.74) is -4.10. The highest BCUT2D eigenvalue weighted by Gasteiger charge is 2.55. The van der Waals surface area contributed by atoms with Gasteiger partial charge in [-0.05, 0) is 25.5 Å². The van der Waals surface area contributed by atoms with Crippen molar-refractivity contribution in [1.82, 2.24) is 9.55 Å². The first-order chi connectivity index (χ1) is 18.0. The third-order valence-electron chi connectivity index (χ3n) is 5.76. The Balaban J connectivity index is 1.73. The largest absolute Gasteiger partial charge is 0.575 e. The number of hydrogen-bond acceptors (Lipinski definition) is 10. The Morgan fingerprint density at radius 2 is 2.08 bits per heavy atom. The number of nitrogens with zero attached hydrogens (tertiary/aromatic N) is 2. The van der Waals surface area contributed by atoms with Crippen LogP contribution in [0.15, 0.2) is 44.8 Å². The molecule has 208 valence electrons. The van der Waals surface area contributed by atoms with Gasteiger partial charge in [0.15, 0.2) is 17.6 Å². The van der Waals surface area contributed by atoms with Crippen molar-refractivity contribution in [2.45, 2.75) is 63.8 Å². The minimum absolute atomic E-state index is 0.0845. The van der Waals surface area contributed by atoms with Crippen LogP contribution < -0.4 is 25.4 Å². The van der Waals surface area contributed by atoms with Crippen LogP contribution in [0.5, 0.6) is 11.5 Å². The summed E-state index contributed by atoms with van der Waals surface area (Å²) >= 11 is 0. The SMILES string of the molecule is CCC(=O)OC[C@H](CC)N=[P+]([O-])Oc1ccc(F)cc1OC[C@H]1O[C@@H](n2ccc(=O)[nH]c2=O)[C@](C)(F)[C@@H]1O. The van der Waals surface area contributed by atoms with Crippen LogP contribution in [0.2, 0.25) is 0 Å². The molecule has 0 amide bonds. The Labute approximate surface area is 216 Å². The van der Waals surface area contributed by atoms with Gasteiger partial charge >= 0.3 is 19.8 Å². The molecule has 2 aromatic rings. The van der Waals surface area contributed by atoms with Crippen LogP contribution in [0.3, 0.4) is 0 Å². The highest BCUT2D eigenvalue weighted by Crippen LogP contribution is 2.41. The zero-order valence-electron chi connectivity index (χ0n) is 20.8. The molecule has 1 saturated heterocycles. The van der Waals surface area contributed by atoms with E-state index in [1.54, 1.807) is 13.8 Å². The molecule has 2 N–H and O–H groups in total. The fourth-order valence-corrected chi connectivity index (χ4v) is 4.43. The second-order valence-corrected chi connectivity index (χ2v) is 9.47. The third kappa shape index (κ3) is 7.01. The Bertz CT molecular complexity index is 1280. The number of nitrogens with one attached hydrogen (secondary N) is 1. The summed E-state index contributed by atoms with van der Waals surface area (Å²) in [7, 11) is -2.68. The number of carbonyl (C=O) groups is 1. The second kappa shape index (κ2) is 12.6. The van der Waals surface area contributed by atoms with E-state index in [9.17, 15) is 28.8 Å². The molecule has 1 aliphatic heterocycles. The molecular weight excluding hydrogens is 531 g/mol. The summed E-state index contributed by atoms with van der Waals surface area (Å²) in [6.45, 7) is 3.81. The number of H-pyrrole nitrogens is 1. The quantitative estimate of drug-likeness (QED) is 0.308. The van der Waals surface area contributed by atoms with E-state index in [1.807, 2.05) is 4.98 Å². The normalized spacial score (nSPS) is 24.2. The van der Waals surface area contributed by atoms with Gasteiger partial charge in [0, 0.05) is 24.8 Å². The van der Waals surface area contributed by atoms with Crippen LogP contribution in [-0.2, 0) is 14.3 Å². The van der Waals surface area contributed by atoms with Gasteiger partial charge in [-0.2, -0.15) is 0 Å². The van der Waals surface area contributed by atoms with Gasteiger partial charge < -0.3 is 24.2 Å². The number of aliphatic hydroxyl groups is 1. The van der Waals surface area contributed by atoms with E-state index in [2.05, 4.69) is 4.74 Å². The van der Waals surface area contributed by atoms with Gasteiger partial charge in [-0.1, -0.05) is 18.6 Å². The molecule has 1 unspecified atom stereocenters. The molecule has 0 radical (unpaired) electrons. The van der Waals surface area contributed by atoms with Crippen molar-refractivity contribution in [2.24, 2.45) is 4.74 Å². The van der Waals surface area contributed by atoms with Gasteiger partial charge in [0.25, 0.3) is 5.56 Å². The number of halogens is 2. The lowest BCUT2D eigenvalue weighted by atomic mass is 9.98. The van der Waals surface area contributed by atoms with E-state index in [0.29, 0.717) is 6.42 Å². The van der Waals surface area contributed by atoms with Crippen LogP contribution in [-0.4, -0.2) is 57.8 Å². The van der Waals surface area contributed by atoms with E-state index in [-0.39, 0.29) is 24.5 Å². The van der Waals surface area contributed by atoms with Gasteiger partial charge in [0.05, 0.1) is 0 Å². The topological polar surface area (TPSA) is 164 Å². The summed E-state index contributed by atoms with van der Waals surface area (Å²) in [5, 5.41) is 10.5. The first kappa shape index (κ1) is 29.4. The molecule has 1 aromatic heterocycles. The zero-order chi connectivity index (χ0) is 28.0. The van der Waals surface area contributed by atoms with Gasteiger partial charge in [-0.3, -0.25) is 23.7 Å². The number of aromatic amines is 1. The van der Waals surface area contributed by atoms with Crippen LogP contribution in [0.1, 0.15) is 39.8 Å². The Kier molecular flexibility index (Phi) is 9.71. The fraction of sp³-hybridized carbons (Fsp3) is 0.522. The van der Waals surface area contributed by atoms with E-state index < -0.39 is 68.0 Å². The number of ether oxygens (including phenoxy) is 3. The Hall–Kier alpha value is -3.19. The molecule has 15 heteroatoms. The first-order valence-corrected chi connectivity index (χ1v) is 12.9. The number of rotatable bonds is 11. The molecule has 1 fully saturated rings. The maximum Gasteiger partial charge on any atom is 0.395 e. The van der Waals surface area contributed by atoms with Gasteiger partial charge in [0.2, 0.25) is 5.75 Å². The van der Waals surface area contributed by atoms with Crippen molar-refractivity contribution < 1.29 is 42.3 Å². The number of aliphatic hydroxyl groups excluding tert-OH is 1. The van der Waals surface area contributed by atoms with Crippen molar-refractivity contribution in [2.75, 3.05) is 13.2 Å². The van der Waals surface area contributed by atoms with Crippen molar-refractivity contribution >= 4 is 14.1 Å². The van der Waals surface area contributed by atoms with Gasteiger partial charge in [0.1, 0.15) is 37.3 Å². The van der Waals surface area contributed by atoms with Crippen LogP contribution in [0.25, 0.3) is 0 Å². The van der Waals surface area contributed by atoms with E-state index in [4.69, 9.17) is 18.7 Å². The minimum atomic E-state index is -2.68. The number of esters is 1. The number of carbonyl (C=O) groups excluding carboxylic acids is 1.